The van der Waals surface area contributed by atoms with Crippen LogP contribution in [0.15, 0.2) is 23.1 Å². The van der Waals surface area contributed by atoms with Gasteiger partial charge in [-0.05, 0) is 59.9 Å². The minimum absolute atomic E-state index is 0.00581. The number of sulfonamides is 2. The molecule has 0 spiro atoms. The monoisotopic (exact) mass is 722 g/mol. The van der Waals surface area contributed by atoms with Gasteiger partial charge in [0.1, 0.15) is 0 Å². The predicted octanol–water partition coefficient (Wildman–Crippen LogP) is 8.09. The zero-order valence-corrected chi connectivity index (χ0v) is 28.2. The number of rotatable bonds is 10. The van der Waals surface area contributed by atoms with Gasteiger partial charge >= 0.3 is 27.9 Å². The van der Waals surface area contributed by atoms with Crippen LogP contribution in [0.25, 0.3) is 0 Å². The molecule has 1 unspecified atom stereocenters. The molecule has 1 aromatic rings. The van der Waals surface area contributed by atoms with Crippen molar-refractivity contribution in [2.75, 3.05) is 12.3 Å². The van der Waals surface area contributed by atoms with Crippen LogP contribution in [0.2, 0.25) is 0 Å². The molecule has 1 aromatic carbocycles. The highest BCUT2D eigenvalue weighted by atomic mass is 32.2. The third-order valence-corrected chi connectivity index (χ3v) is 13.7. The molecule has 262 valence electrons. The van der Waals surface area contributed by atoms with Gasteiger partial charge in [0.15, 0.2) is 0 Å². The summed E-state index contributed by atoms with van der Waals surface area (Å²) in [4.78, 5) is -1.24. The van der Waals surface area contributed by atoms with Crippen LogP contribution >= 0.6 is 7.92 Å². The van der Waals surface area contributed by atoms with E-state index < -0.39 is 84.8 Å². The van der Waals surface area contributed by atoms with Gasteiger partial charge in [-0.1, -0.05) is 60.8 Å². The zero-order chi connectivity index (χ0) is 35.0. The molecular formula is C27H40F9N2O4PS2. The number of benzene rings is 1. The van der Waals surface area contributed by atoms with E-state index >= 15 is 0 Å². The van der Waals surface area contributed by atoms with Crippen LogP contribution in [0.4, 0.5) is 39.5 Å². The van der Waals surface area contributed by atoms with E-state index in [-0.39, 0.29) is 36.2 Å². The lowest BCUT2D eigenvalue weighted by molar-refractivity contribution is -0.143. The molecule has 0 amide bonds. The molecule has 0 bridgehead atoms. The number of alkyl halides is 9. The first kappa shape index (κ1) is 40.0. The largest absolute Gasteiger partial charge is 0.511 e. The SMILES string of the molecule is CC(C)(C)[C@@H](CP(C[C@@H](NS(=O)(=O)C(F)(F)F)C(C)(C)C)C1CCCCC1)NS(=O)(=O)c1cc(C(F)(F)F)cc(C(F)(F)F)c1. The standard InChI is InChI=1S/C27H40F9N2O4PS2/c1-23(2,3)21(37-44(39,40)20-13-17(25(28,29)30)12-18(14-20)26(31,32)33)15-43(19-10-8-7-9-11-19)16-22(24(4,5)6)38-45(41,42)27(34,35)36/h12-14,19,21-22,37-38H,7-11,15-16H2,1-6H3/t21-,22-,43?/m1/s1. The highest BCUT2D eigenvalue weighted by Gasteiger charge is 2.49. The van der Waals surface area contributed by atoms with E-state index in [9.17, 15) is 56.3 Å². The van der Waals surface area contributed by atoms with Crippen LogP contribution in [-0.2, 0) is 32.4 Å². The molecule has 0 radical (unpaired) electrons. The predicted molar refractivity (Wildman–Crippen MR) is 155 cm³/mol. The van der Waals surface area contributed by atoms with Crippen molar-refractivity contribution >= 4 is 28.0 Å². The highest BCUT2D eigenvalue weighted by Crippen LogP contribution is 2.52. The Bertz CT molecular complexity index is 1340. The lowest BCUT2D eigenvalue weighted by Gasteiger charge is -2.42. The third-order valence-electron chi connectivity index (χ3n) is 7.79. The van der Waals surface area contributed by atoms with Crippen molar-refractivity contribution in [1.29, 1.82) is 0 Å². The number of nitrogens with one attached hydrogen (secondary N) is 2. The summed E-state index contributed by atoms with van der Waals surface area (Å²) in [6.07, 6.45) is -6.85. The fraction of sp³-hybridized carbons (Fsp3) is 0.778. The molecule has 6 nitrogen and oxygen atoms in total. The van der Waals surface area contributed by atoms with Crippen LogP contribution in [0.3, 0.4) is 0 Å². The van der Waals surface area contributed by atoms with E-state index in [4.69, 9.17) is 0 Å². The molecular weight excluding hydrogens is 682 g/mol. The van der Waals surface area contributed by atoms with Gasteiger partial charge in [0.2, 0.25) is 10.0 Å². The summed E-state index contributed by atoms with van der Waals surface area (Å²) >= 11 is 0. The van der Waals surface area contributed by atoms with Gasteiger partial charge in [-0.15, -0.1) is 7.92 Å². The molecule has 1 saturated carbocycles. The average molecular weight is 723 g/mol. The molecule has 1 aliphatic carbocycles. The maximum atomic E-state index is 13.5. The third kappa shape index (κ3) is 11.2. The first-order valence-electron chi connectivity index (χ1n) is 14.1. The maximum Gasteiger partial charge on any atom is 0.511 e. The highest BCUT2D eigenvalue weighted by molar-refractivity contribution is 7.90. The van der Waals surface area contributed by atoms with Gasteiger partial charge in [0.05, 0.1) is 16.0 Å². The zero-order valence-electron chi connectivity index (χ0n) is 25.7. The second-order valence-corrected chi connectivity index (χ2v) is 19.6. The van der Waals surface area contributed by atoms with Gasteiger partial charge in [0, 0.05) is 12.1 Å². The summed E-state index contributed by atoms with van der Waals surface area (Å²) in [6, 6.07) is -2.26. The summed E-state index contributed by atoms with van der Waals surface area (Å²) in [6.45, 7) is 9.49. The second kappa shape index (κ2) is 13.8. The van der Waals surface area contributed by atoms with Crippen LogP contribution in [0.1, 0.15) is 84.8 Å². The van der Waals surface area contributed by atoms with E-state index in [0.717, 1.165) is 19.3 Å². The fourth-order valence-electron chi connectivity index (χ4n) is 4.85. The van der Waals surface area contributed by atoms with Gasteiger partial charge in [0.25, 0.3) is 0 Å². The van der Waals surface area contributed by atoms with Crippen LogP contribution in [-0.4, -0.2) is 52.4 Å². The molecule has 2 N–H and O–H groups in total. The van der Waals surface area contributed by atoms with E-state index in [2.05, 4.69) is 4.72 Å². The Morgan fingerprint density at radius 2 is 1.09 bits per heavy atom. The minimum Gasteiger partial charge on any atom is -0.207 e. The number of hydrogen-bond donors (Lipinski definition) is 2. The van der Waals surface area contributed by atoms with Gasteiger partial charge in [-0.25, -0.2) is 26.3 Å². The van der Waals surface area contributed by atoms with Crippen LogP contribution < -0.4 is 9.44 Å². The van der Waals surface area contributed by atoms with E-state index in [0.29, 0.717) is 12.8 Å². The molecule has 2 rings (SSSR count). The smallest absolute Gasteiger partial charge is 0.207 e. The number of hydrogen-bond acceptors (Lipinski definition) is 4. The van der Waals surface area contributed by atoms with Crippen molar-refractivity contribution in [2.24, 2.45) is 10.8 Å². The quantitative estimate of drug-likeness (QED) is 0.189. The Morgan fingerprint density at radius 3 is 1.44 bits per heavy atom. The van der Waals surface area contributed by atoms with Crippen molar-refractivity contribution in [1.82, 2.24) is 9.44 Å². The Kier molecular flexibility index (Phi) is 12.2. The number of halogens is 9. The van der Waals surface area contributed by atoms with Crippen molar-refractivity contribution in [3.05, 3.63) is 29.3 Å². The summed E-state index contributed by atoms with van der Waals surface area (Å²) in [5, 5.41) is 0. The summed E-state index contributed by atoms with van der Waals surface area (Å²) < 4.78 is 176. The molecule has 1 aliphatic rings. The van der Waals surface area contributed by atoms with Gasteiger partial charge in [-0.2, -0.15) is 39.5 Å². The van der Waals surface area contributed by atoms with Crippen LogP contribution in [0, 0.1) is 10.8 Å². The molecule has 0 heterocycles. The minimum atomic E-state index is -5.75. The molecule has 3 atom stereocenters. The normalized spacial score (nSPS) is 18.9. The Balaban J connectivity index is 2.58. The second-order valence-electron chi connectivity index (χ2n) is 13.5. The van der Waals surface area contributed by atoms with Crippen LogP contribution in [0.5, 0.6) is 0 Å². The van der Waals surface area contributed by atoms with E-state index in [1.54, 1.807) is 46.3 Å². The topological polar surface area (TPSA) is 92.3 Å². The Morgan fingerprint density at radius 1 is 0.689 bits per heavy atom. The molecule has 1 fully saturated rings. The van der Waals surface area contributed by atoms with Crippen molar-refractivity contribution in [3.8, 4) is 0 Å². The van der Waals surface area contributed by atoms with Gasteiger partial charge < -0.3 is 0 Å². The molecule has 45 heavy (non-hydrogen) atoms. The van der Waals surface area contributed by atoms with E-state index in [1.807, 2.05) is 0 Å². The summed E-state index contributed by atoms with van der Waals surface area (Å²) in [5.41, 5.74) is -11.2. The molecule has 0 aliphatic heterocycles. The maximum absolute atomic E-state index is 13.5. The lowest BCUT2D eigenvalue weighted by Crippen LogP contribution is -2.51. The van der Waals surface area contributed by atoms with E-state index in [1.165, 1.54) is 0 Å². The summed E-state index contributed by atoms with van der Waals surface area (Å²) in [5.74, 6) is 0. The fourth-order valence-corrected chi connectivity index (χ4v) is 11.6. The van der Waals surface area contributed by atoms with Crippen molar-refractivity contribution < 1.29 is 56.3 Å². The van der Waals surface area contributed by atoms with Crippen molar-refractivity contribution in [3.63, 3.8) is 0 Å². The molecule has 0 saturated heterocycles. The first-order chi connectivity index (χ1) is 19.9. The van der Waals surface area contributed by atoms with Gasteiger partial charge in [-0.3, -0.25) is 0 Å². The lowest BCUT2D eigenvalue weighted by atomic mass is 9.88. The Labute approximate surface area is 260 Å². The molecule has 18 heteroatoms. The summed E-state index contributed by atoms with van der Waals surface area (Å²) in [7, 11) is -12.2. The Hall–Kier alpha value is -1.16. The first-order valence-corrected chi connectivity index (χ1v) is 18.8. The average Bonchev–Trinajstić information content (AvgIpc) is 2.84. The van der Waals surface area contributed by atoms with Crippen molar-refractivity contribution in [2.45, 2.75) is 114 Å². The molecule has 0 aromatic heterocycles.